The van der Waals surface area contributed by atoms with Crippen LogP contribution in [-0.4, -0.2) is 34.4 Å². The maximum absolute atomic E-state index is 11.6. The Bertz CT molecular complexity index is 729. The summed E-state index contributed by atoms with van der Waals surface area (Å²) in [5, 5.41) is 12.1. The van der Waals surface area contributed by atoms with Crippen LogP contribution in [0.4, 0.5) is 0 Å². The Labute approximate surface area is 124 Å². The molecule has 21 heavy (non-hydrogen) atoms. The van der Waals surface area contributed by atoms with Gasteiger partial charge in [-0.2, -0.15) is 5.10 Å². The standard InChI is InChI=1S/C13H13ClN4O3/c14-5-6-15-12(20)13(21)16-7-10-8-3-1-2-4-9(8)11(19)18-17-10/h1-4H,5-7H2,(H,15,20)(H,16,21)(H,18,19). The van der Waals surface area contributed by atoms with Gasteiger partial charge >= 0.3 is 11.8 Å². The van der Waals surface area contributed by atoms with Crippen molar-refractivity contribution in [3.63, 3.8) is 0 Å². The lowest BCUT2D eigenvalue weighted by atomic mass is 10.1. The summed E-state index contributed by atoms with van der Waals surface area (Å²) < 4.78 is 0. The topological polar surface area (TPSA) is 104 Å². The molecule has 0 fully saturated rings. The molecule has 0 bridgehead atoms. The molecular weight excluding hydrogens is 296 g/mol. The zero-order valence-corrected chi connectivity index (χ0v) is 11.7. The number of amides is 2. The fourth-order valence-electron chi connectivity index (χ4n) is 1.79. The van der Waals surface area contributed by atoms with Crippen molar-refractivity contribution < 1.29 is 9.59 Å². The number of carbonyl (C=O) groups excluding carboxylic acids is 2. The highest BCUT2D eigenvalue weighted by molar-refractivity contribution is 6.35. The van der Waals surface area contributed by atoms with E-state index in [2.05, 4.69) is 20.8 Å². The van der Waals surface area contributed by atoms with E-state index >= 15 is 0 Å². The molecule has 110 valence electrons. The first kappa shape index (κ1) is 15.0. The zero-order chi connectivity index (χ0) is 15.2. The molecule has 1 aromatic carbocycles. The molecular formula is C13H13ClN4O3. The van der Waals surface area contributed by atoms with Crippen molar-refractivity contribution in [2.75, 3.05) is 12.4 Å². The van der Waals surface area contributed by atoms with Crippen LogP contribution in [0, 0.1) is 0 Å². The first-order valence-corrected chi connectivity index (χ1v) is 6.75. The van der Waals surface area contributed by atoms with Gasteiger partial charge in [0.15, 0.2) is 0 Å². The molecule has 1 aromatic heterocycles. The third kappa shape index (κ3) is 3.57. The summed E-state index contributed by atoms with van der Waals surface area (Å²) in [5.41, 5.74) is 0.171. The number of H-pyrrole nitrogens is 1. The summed E-state index contributed by atoms with van der Waals surface area (Å²) in [6, 6.07) is 6.89. The molecule has 0 radical (unpaired) electrons. The smallest absolute Gasteiger partial charge is 0.309 e. The van der Waals surface area contributed by atoms with Crippen LogP contribution in [0.3, 0.4) is 0 Å². The van der Waals surface area contributed by atoms with Crippen molar-refractivity contribution in [3.8, 4) is 0 Å². The van der Waals surface area contributed by atoms with Crippen molar-refractivity contribution in [3.05, 3.63) is 40.3 Å². The first-order valence-electron chi connectivity index (χ1n) is 6.21. The molecule has 2 rings (SSSR count). The van der Waals surface area contributed by atoms with Crippen LogP contribution in [0.15, 0.2) is 29.1 Å². The van der Waals surface area contributed by atoms with E-state index in [9.17, 15) is 14.4 Å². The van der Waals surface area contributed by atoms with Crippen molar-refractivity contribution in [1.82, 2.24) is 20.8 Å². The van der Waals surface area contributed by atoms with Crippen LogP contribution in [0.25, 0.3) is 10.8 Å². The van der Waals surface area contributed by atoms with Gasteiger partial charge in [0.2, 0.25) is 0 Å². The molecule has 0 unspecified atom stereocenters. The molecule has 0 aliphatic heterocycles. The number of carbonyl (C=O) groups is 2. The summed E-state index contributed by atoms with van der Waals surface area (Å²) in [6.07, 6.45) is 0. The zero-order valence-electron chi connectivity index (χ0n) is 11.0. The van der Waals surface area contributed by atoms with E-state index in [-0.39, 0.29) is 24.5 Å². The van der Waals surface area contributed by atoms with Gasteiger partial charge in [0.1, 0.15) is 0 Å². The Balaban J connectivity index is 2.11. The maximum Gasteiger partial charge on any atom is 0.309 e. The monoisotopic (exact) mass is 308 g/mol. The van der Waals surface area contributed by atoms with Gasteiger partial charge in [0.25, 0.3) is 5.56 Å². The Kier molecular flexibility index (Phi) is 4.89. The highest BCUT2D eigenvalue weighted by Crippen LogP contribution is 2.11. The second-order valence-corrected chi connectivity index (χ2v) is 4.55. The predicted octanol–water partition coefficient (Wildman–Crippen LogP) is -0.106. The number of nitrogens with zero attached hydrogens (tertiary/aromatic N) is 1. The van der Waals surface area contributed by atoms with Gasteiger partial charge in [0, 0.05) is 17.8 Å². The number of benzene rings is 1. The van der Waals surface area contributed by atoms with E-state index in [4.69, 9.17) is 11.6 Å². The van der Waals surface area contributed by atoms with Crippen LogP contribution in [0.1, 0.15) is 5.69 Å². The fourth-order valence-corrected chi connectivity index (χ4v) is 1.89. The Morgan fingerprint density at radius 1 is 1.14 bits per heavy atom. The van der Waals surface area contributed by atoms with Gasteiger partial charge in [-0.25, -0.2) is 5.10 Å². The molecule has 0 aliphatic rings. The molecule has 3 N–H and O–H groups in total. The molecule has 0 saturated carbocycles. The molecule has 2 aromatic rings. The van der Waals surface area contributed by atoms with Gasteiger partial charge < -0.3 is 10.6 Å². The van der Waals surface area contributed by atoms with Crippen LogP contribution in [0.5, 0.6) is 0 Å². The number of rotatable bonds is 4. The van der Waals surface area contributed by atoms with E-state index in [1.54, 1.807) is 24.3 Å². The van der Waals surface area contributed by atoms with Crippen LogP contribution in [0.2, 0.25) is 0 Å². The van der Waals surface area contributed by atoms with E-state index in [0.717, 1.165) is 0 Å². The van der Waals surface area contributed by atoms with Gasteiger partial charge in [-0.1, -0.05) is 18.2 Å². The van der Waals surface area contributed by atoms with Gasteiger partial charge in [-0.05, 0) is 6.07 Å². The molecule has 0 saturated heterocycles. The number of aromatic amines is 1. The number of alkyl halides is 1. The average molecular weight is 309 g/mol. The summed E-state index contributed by atoms with van der Waals surface area (Å²) in [4.78, 5) is 34.6. The second-order valence-electron chi connectivity index (χ2n) is 4.17. The third-order valence-electron chi connectivity index (χ3n) is 2.78. The molecule has 7 nitrogen and oxygen atoms in total. The summed E-state index contributed by atoms with van der Waals surface area (Å²) >= 11 is 5.41. The first-order chi connectivity index (χ1) is 10.1. The van der Waals surface area contributed by atoms with Crippen LogP contribution >= 0.6 is 11.6 Å². The number of nitrogens with one attached hydrogen (secondary N) is 3. The van der Waals surface area contributed by atoms with Crippen molar-refractivity contribution in [2.24, 2.45) is 0 Å². The van der Waals surface area contributed by atoms with Crippen molar-refractivity contribution in [2.45, 2.75) is 6.54 Å². The quantitative estimate of drug-likeness (QED) is 0.541. The van der Waals surface area contributed by atoms with Crippen LogP contribution < -0.4 is 16.2 Å². The summed E-state index contributed by atoms with van der Waals surface area (Å²) in [7, 11) is 0. The number of aromatic nitrogens is 2. The summed E-state index contributed by atoms with van der Waals surface area (Å²) in [6.45, 7) is 0.248. The van der Waals surface area contributed by atoms with E-state index in [1.807, 2.05) is 0 Å². The maximum atomic E-state index is 11.6. The lowest BCUT2D eigenvalue weighted by Crippen LogP contribution is -2.40. The fraction of sp³-hybridized carbons (Fsp3) is 0.231. The number of halogens is 1. The Hall–Kier alpha value is -2.41. The van der Waals surface area contributed by atoms with Gasteiger partial charge in [0.05, 0.1) is 17.6 Å². The van der Waals surface area contributed by atoms with E-state index < -0.39 is 11.8 Å². The molecule has 2 amide bonds. The molecule has 0 atom stereocenters. The van der Waals surface area contributed by atoms with Crippen molar-refractivity contribution >= 4 is 34.2 Å². The van der Waals surface area contributed by atoms with E-state index in [0.29, 0.717) is 16.5 Å². The average Bonchev–Trinajstić information content (AvgIpc) is 2.52. The summed E-state index contributed by atoms with van der Waals surface area (Å²) in [5.74, 6) is -1.31. The normalized spacial score (nSPS) is 10.3. The lowest BCUT2D eigenvalue weighted by Gasteiger charge is -2.07. The predicted molar refractivity (Wildman–Crippen MR) is 77.9 cm³/mol. The van der Waals surface area contributed by atoms with E-state index in [1.165, 1.54) is 0 Å². The largest absolute Gasteiger partial charge is 0.347 e. The SMILES string of the molecule is O=C(NCCCl)C(=O)NCc1n[nH]c(=O)c2ccccc12. The molecule has 0 aliphatic carbocycles. The number of fused-ring (bicyclic) bond motifs is 1. The number of hydrogen-bond donors (Lipinski definition) is 3. The minimum Gasteiger partial charge on any atom is -0.347 e. The minimum absolute atomic E-state index is 0.0322. The Morgan fingerprint density at radius 3 is 2.52 bits per heavy atom. The highest BCUT2D eigenvalue weighted by Gasteiger charge is 2.13. The molecule has 0 spiro atoms. The molecule has 1 heterocycles. The molecule has 8 heteroatoms. The number of hydrogen-bond acceptors (Lipinski definition) is 4. The van der Waals surface area contributed by atoms with Crippen molar-refractivity contribution in [1.29, 1.82) is 0 Å². The Morgan fingerprint density at radius 2 is 1.81 bits per heavy atom. The highest BCUT2D eigenvalue weighted by atomic mass is 35.5. The lowest BCUT2D eigenvalue weighted by molar-refractivity contribution is -0.139. The minimum atomic E-state index is -0.780. The van der Waals surface area contributed by atoms with Crippen LogP contribution in [-0.2, 0) is 16.1 Å². The van der Waals surface area contributed by atoms with Gasteiger partial charge in [-0.3, -0.25) is 14.4 Å². The van der Waals surface area contributed by atoms with Gasteiger partial charge in [-0.15, -0.1) is 11.6 Å². The second kappa shape index (κ2) is 6.85. The third-order valence-corrected chi connectivity index (χ3v) is 2.97.